The third kappa shape index (κ3) is 4.10. The minimum atomic E-state index is -0.0933. The molecule has 0 saturated heterocycles. The van der Waals surface area contributed by atoms with Crippen LogP contribution in [0.25, 0.3) is 0 Å². The molecule has 0 radical (unpaired) electrons. The number of aliphatic hydroxyl groups excluding tert-OH is 1. The molecule has 1 nitrogen and oxygen atoms in total. The minimum Gasteiger partial charge on any atom is -0.393 e. The molecule has 0 amide bonds. The standard InChI is InChI=1S/C20H30O/c21-19(14-16-8-3-1-2-4-9-16)15-18-12-7-11-17-10-5-6-13-20(17)18/h5-6,10,13,16,18-19,21H,1-4,7-9,11-12,14-15H2. The second kappa shape index (κ2) is 7.45. The number of hydrogen-bond acceptors (Lipinski definition) is 1. The van der Waals surface area contributed by atoms with E-state index in [9.17, 15) is 5.11 Å². The third-order valence-electron chi connectivity index (χ3n) is 5.63. The highest BCUT2D eigenvalue weighted by Gasteiger charge is 2.24. The molecule has 116 valence electrons. The van der Waals surface area contributed by atoms with Gasteiger partial charge in [0.25, 0.3) is 0 Å². The summed E-state index contributed by atoms with van der Waals surface area (Å²) in [5.74, 6) is 1.37. The lowest BCUT2D eigenvalue weighted by molar-refractivity contribution is 0.118. The van der Waals surface area contributed by atoms with E-state index >= 15 is 0 Å². The van der Waals surface area contributed by atoms with Gasteiger partial charge in [0, 0.05) is 0 Å². The van der Waals surface area contributed by atoms with Crippen molar-refractivity contribution in [2.24, 2.45) is 5.92 Å². The van der Waals surface area contributed by atoms with E-state index in [4.69, 9.17) is 0 Å². The summed E-state index contributed by atoms with van der Waals surface area (Å²) in [7, 11) is 0. The van der Waals surface area contributed by atoms with E-state index < -0.39 is 0 Å². The van der Waals surface area contributed by atoms with Crippen molar-refractivity contribution in [2.75, 3.05) is 0 Å². The highest BCUT2D eigenvalue weighted by atomic mass is 16.3. The molecule has 0 aromatic heterocycles. The van der Waals surface area contributed by atoms with Crippen LogP contribution in [0.2, 0.25) is 0 Å². The fourth-order valence-electron chi connectivity index (χ4n) is 4.51. The molecule has 1 heteroatoms. The van der Waals surface area contributed by atoms with Crippen molar-refractivity contribution in [3.05, 3.63) is 35.4 Å². The Labute approximate surface area is 129 Å². The van der Waals surface area contributed by atoms with Crippen molar-refractivity contribution in [3.63, 3.8) is 0 Å². The number of aryl methyl sites for hydroxylation is 1. The Balaban J connectivity index is 1.56. The quantitative estimate of drug-likeness (QED) is 0.753. The fraction of sp³-hybridized carbons (Fsp3) is 0.700. The molecule has 1 fully saturated rings. The van der Waals surface area contributed by atoms with Crippen molar-refractivity contribution in [2.45, 2.75) is 82.7 Å². The molecule has 0 spiro atoms. The maximum Gasteiger partial charge on any atom is 0.0548 e. The molecule has 2 atom stereocenters. The van der Waals surface area contributed by atoms with E-state index in [0.717, 1.165) is 18.8 Å². The van der Waals surface area contributed by atoms with Crippen LogP contribution in [0.5, 0.6) is 0 Å². The molecule has 0 bridgehead atoms. The molecule has 1 aromatic carbocycles. The summed E-state index contributed by atoms with van der Waals surface area (Å²) in [4.78, 5) is 0. The van der Waals surface area contributed by atoms with Crippen LogP contribution in [-0.2, 0) is 6.42 Å². The molecule has 1 saturated carbocycles. The first-order valence-corrected chi connectivity index (χ1v) is 9.09. The number of rotatable bonds is 4. The number of aliphatic hydroxyl groups is 1. The molecule has 3 rings (SSSR count). The van der Waals surface area contributed by atoms with Gasteiger partial charge in [-0.2, -0.15) is 0 Å². The maximum absolute atomic E-state index is 10.6. The highest BCUT2D eigenvalue weighted by Crippen LogP contribution is 2.36. The van der Waals surface area contributed by atoms with Crippen LogP contribution in [-0.4, -0.2) is 11.2 Å². The summed E-state index contributed by atoms with van der Waals surface area (Å²) in [6, 6.07) is 8.88. The van der Waals surface area contributed by atoms with Crippen molar-refractivity contribution >= 4 is 0 Å². The molecule has 1 aromatic rings. The normalized spacial score (nSPS) is 25.1. The van der Waals surface area contributed by atoms with Gasteiger partial charge in [-0.05, 0) is 55.1 Å². The number of fused-ring (bicyclic) bond motifs is 1. The Morgan fingerprint density at radius 1 is 0.905 bits per heavy atom. The smallest absolute Gasteiger partial charge is 0.0548 e. The largest absolute Gasteiger partial charge is 0.393 e. The van der Waals surface area contributed by atoms with Crippen LogP contribution in [0, 0.1) is 5.92 Å². The van der Waals surface area contributed by atoms with Crippen molar-refractivity contribution in [1.29, 1.82) is 0 Å². The second-order valence-corrected chi connectivity index (χ2v) is 7.27. The van der Waals surface area contributed by atoms with E-state index in [1.807, 2.05) is 0 Å². The molecule has 0 aliphatic heterocycles. The van der Waals surface area contributed by atoms with Crippen molar-refractivity contribution in [1.82, 2.24) is 0 Å². The first-order valence-electron chi connectivity index (χ1n) is 9.09. The van der Waals surface area contributed by atoms with Gasteiger partial charge in [-0.3, -0.25) is 0 Å². The molecular weight excluding hydrogens is 256 g/mol. The van der Waals surface area contributed by atoms with Gasteiger partial charge in [0.15, 0.2) is 0 Å². The lowest BCUT2D eigenvalue weighted by Crippen LogP contribution is -2.19. The summed E-state index contributed by atoms with van der Waals surface area (Å²) < 4.78 is 0. The summed E-state index contributed by atoms with van der Waals surface area (Å²) >= 11 is 0. The topological polar surface area (TPSA) is 20.2 Å². The van der Waals surface area contributed by atoms with Gasteiger partial charge >= 0.3 is 0 Å². The number of hydrogen-bond donors (Lipinski definition) is 1. The SMILES string of the molecule is OC(CC1CCCCCC1)CC1CCCc2ccccc21. The number of benzene rings is 1. The second-order valence-electron chi connectivity index (χ2n) is 7.27. The van der Waals surface area contributed by atoms with Crippen LogP contribution in [0.3, 0.4) is 0 Å². The van der Waals surface area contributed by atoms with Crippen molar-refractivity contribution < 1.29 is 5.11 Å². The molecular formula is C20H30O. The molecule has 2 aliphatic rings. The molecule has 0 heterocycles. The van der Waals surface area contributed by atoms with Gasteiger partial charge in [0.05, 0.1) is 6.10 Å². The molecule has 1 N–H and O–H groups in total. The van der Waals surface area contributed by atoms with Crippen LogP contribution >= 0.6 is 0 Å². The van der Waals surface area contributed by atoms with Gasteiger partial charge in [-0.25, -0.2) is 0 Å². The molecule has 2 aliphatic carbocycles. The zero-order valence-corrected chi connectivity index (χ0v) is 13.3. The molecule has 2 unspecified atom stereocenters. The Kier molecular flexibility index (Phi) is 5.35. The zero-order chi connectivity index (χ0) is 14.5. The van der Waals surface area contributed by atoms with Gasteiger partial charge in [-0.1, -0.05) is 62.8 Å². The summed E-state index contributed by atoms with van der Waals surface area (Å²) in [5, 5.41) is 10.6. The maximum atomic E-state index is 10.6. The van der Waals surface area contributed by atoms with Crippen LogP contribution < -0.4 is 0 Å². The average molecular weight is 286 g/mol. The van der Waals surface area contributed by atoms with E-state index in [1.165, 1.54) is 68.9 Å². The highest BCUT2D eigenvalue weighted by molar-refractivity contribution is 5.32. The first-order chi connectivity index (χ1) is 10.3. The third-order valence-corrected chi connectivity index (χ3v) is 5.63. The van der Waals surface area contributed by atoms with E-state index in [0.29, 0.717) is 5.92 Å². The zero-order valence-electron chi connectivity index (χ0n) is 13.3. The Bertz CT molecular complexity index is 431. The monoisotopic (exact) mass is 286 g/mol. The molecule has 21 heavy (non-hydrogen) atoms. The summed E-state index contributed by atoms with van der Waals surface area (Å²) in [6.07, 6.45) is 14.0. The Morgan fingerprint density at radius 2 is 1.67 bits per heavy atom. The lowest BCUT2D eigenvalue weighted by Gasteiger charge is -2.28. The van der Waals surface area contributed by atoms with Crippen molar-refractivity contribution in [3.8, 4) is 0 Å². The van der Waals surface area contributed by atoms with Crippen LogP contribution in [0.4, 0.5) is 0 Å². The predicted octanol–water partition coefficient (Wildman–Crippen LogP) is 5.22. The van der Waals surface area contributed by atoms with Gasteiger partial charge in [0.1, 0.15) is 0 Å². The van der Waals surface area contributed by atoms with Gasteiger partial charge in [-0.15, -0.1) is 0 Å². The van der Waals surface area contributed by atoms with E-state index in [-0.39, 0.29) is 6.10 Å². The van der Waals surface area contributed by atoms with E-state index in [1.54, 1.807) is 0 Å². The van der Waals surface area contributed by atoms with E-state index in [2.05, 4.69) is 24.3 Å². The Hall–Kier alpha value is -0.820. The average Bonchev–Trinajstić information content (AvgIpc) is 2.76. The van der Waals surface area contributed by atoms with Gasteiger partial charge in [0.2, 0.25) is 0 Å². The van der Waals surface area contributed by atoms with Crippen LogP contribution in [0.15, 0.2) is 24.3 Å². The predicted molar refractivity (Wildman–Crippen MR) is 88.6 cm³/mol. The summed E-state index contributed by atoms with van der Waals surface area (Å²) in [5.41, 5.74) is 3.04. The summed E-state index contributed by atoms with van der Waals surface area (Å²) in [6.45, 7) is 0. The first kappa shape index (κ1) is 15.1. The Morgan fingerprint density at radius 3 is 2.48 bits per heavy atom. The fourth-order valence-corrected chi connectivity index (χ4v) is 4.51. The lowest BCUT2D eigenvalue weighted by atomic mass is 9.78. The minimum absolute atomic E-state index is 0.0933. The van der Waals surface area contributed by atoms with Gasteiger partial charge < -0.3 is 5.11 Å². The van der Waals surface area contributed by atoms with Crippen LogP contribution in [0.1, 0.15) is 81.3 Å².